The number of H-pyrrole nitrogens is 2. The maximum atomic E-state index is 12.7. The SMILES string of the molecule is NCC1CCN(Cc2ccc3[nH]c(-c4cc5cc(Br)ccc5[nH]c4=O)cc3c2)CC1.O=C(O)C(F)(F)F. The summed E-state index contributed by atoms with van der Waals surface area (Å²) in [4.78, 5) is 30.5. The summed E-state index contributed by atoms with van der Waals surface area (Å²) >= 11 is 3.51. The third kappa shape index (κ3) is 6.60. The van der Waals surface area contributed by atoms with Crippen LogP contribution in [-0.4, -0.2) is 51.8 Å². The number of nitrogens with two attached hydrogens (primary N) is 1. The number of nitrogens with zero attached hydrogens (tertiary/aromatic N) is 1. The number of likely N-dealkylation sites (tertiary alicyclic amines) is 1. The quantitative estimate of drug-likeness (QED) is 0.264. The Balaban J connectivity index is 0.000000405. The van der Waals surface area contributed by atoms with E-state index in [1.165, 1.54) is 18.4 Å². The van der Waals surface area contributed by atoms with Gasteiger partial charge < -0.3 is 20.8 Å². The molecule has 4 aromatic rings. The highest BCUT2D eigenvalue weighted by molar-refractivity contribution is 9.10. The highest BCUT2D eigenvalue weighted by Gasteiger charge is 2.38. The van der Waals surface area contributed by atoms with Crippen LogP contribution in [0, 0.1) is 5.92 Å². The van der Waals surface area contributed by atoms with Crippen LogP contribution in [0.4, 0.5) is 13.2 Å². The number of piperidine rings is 1. The Morgan fingerprint density at radius 1 is 1.03 bits per heavy atom. The van der Waals surface area contributed by atoms with Gasteiger partial charge in [-0.25, -0.2) is 4.79 Å². The monoisotopic (exact) mass is 578 g/mol. The Bertz CT molecular complexity index is 1470. The van der Waals surface area contributed by atoms with Crippen molar-refractivity contribution in [3.63, 3.8) is 0 Å². The van der Waals surface area contributed by atoms with E-state index in [-0.39, 0.29) is 5.56 Å². The number of aromatic nitrogens is 2. The summed E-state index contributed by atoms with van der Waals surface area (Å²) in [5, 5.41) is 9.26. The van der Waals surface area contributed by atoms with Crippen molar-refractivity contribution in [1.82, 2.24) is 14.9 Å². The van der Waals surface area contributed by atoms with Gasteiger partial charge in [-0.1, -0.05) is 22.0 Å². The summed E-state index contributed by atoms with van der Waals surface area (Å²) in [5.74, 6) is -2.08. The van der Waals surface area contributed by atoms with Crippen LogP contribution < -0.4 is 11.3 Å². The summed E-state index contributed by atoms with van der Waals surface area (Å²) in [5.41, 5.74) is 10.4. The Hall–Kier alpha value is -3.15. The predicted molar refractivity (Wildman–Crippen MR) is 140 cm³/mol. The van der Waals surface area contributed by atoms with E-state index in [1.807, 2.05) is 24.3 Å². The van der Waals surface area contributed by atoms with E-state index >= 15 is 0 Å². The highest BCUT2D eigenvalue weighted by atomic mass is 79.9. The number of hydrogen-bond donors (Lipinski definition) is 4. The largest absolute Gasteiger partial charge is 0.490 e. The Morgan fingerprint density at radius 3 is 2.30 bits per heavy atom. The number of carboxylic acids is 1. The van der Waals surface area contributed by atoms with Crippen molar-refractivity contribution in [2.45, 2.75) is 25.6 Å². The zero-order chi connectivity index (χ0) is 26.7. The van der Waals surface area contributed by atoms with Crippen molar-refractivity contribution in [3.8, 4) is 11.3 Å². The van der Waals surface area contributed by atoms with Gasteiger partial charge in [-0.2, -0.15) is 13.2 Å². The number of benzene rings is 2. The zero-order valence-corrected chi connectivity index (χ0v) is 21.3. The Labute approximate surface area is 218 Å². The molecule has 7 nitrogen and oxygen atoms in total. The lowest BCUT2D eigenvalue weighted by atomic mass is 9.97. The molecule has 2 aromatic carbocycles. The van der Waals surface area contributed by atoms with E-state index in [4.69, 9.17) is 15.6 Å². The fourth-order valence-corrected chi connectivity index (χ4v) is 4.82. The summed E-state index contributed by atoms with van der Waals surface area (Å²) in [7, 11) is 0. The van der Waals surface area contributed by atoms with Gasteiger partial charge >= 0.3 is 12.1 Å². The van der Waals surface area contributed by atoms with Crippen molar-refractivity contribution in [3.05, 3.63) is 68.9 Å². The molecule has 196 valence electrons. The van der Waals surface area contributed by atoms with Gasteiger partial charge in [-0.3, -0.25) is 9.69 Å². The minimum atomic E-state index is -5.08. The average molecular weight is 579 g/mol. The van der Waals surface area contributed by atoms with Gasteiger partial charge in [0, 0.05) is 32.8 Å². The number of halogens is 4. The van der Waals surface area contributed by atoms with Crippen LogP contribution in [0.5, 0.6) is 0 Å². The molecule has 0 saturated carbocycles. The van der Waals surface area contributed by atoms with Gasteiger partial charge in [0.25, 0.3) is 5.56 Å². The number of aromatic amines is 2. The molecule has 0 unspecified atom stereocenters. The molecule has 11 heteroatoms. The molecular weight excluding hydrogens is 553 g/mol. The average Bonchev–Trinajstić information content (AvgIpc) is 3.27. The lowest BCUT2D eigenvalue weighted by Crippen LogP contribution is -2.35. The number of rotatable bonds is 4. The summed E-state index contributed by atoms with van der Waals surface area (Å²) in [6, 6.07) is 16.4. The number of carbonyl (C=O) groups is 1. The summed E-state index contributed by atoms with van der Waals surface area (Å²) in [6.45, 7) is 3.98. The molecule has 1 fully saturated rings. The standard InChI is InChI=1S/C24H25BrN4O.C2HF3O2/c25-19-2-4-22-18(10-19)11-20(24(30)28-22)23-12-17-9-16(1-3-21(17)27-23)14-29-7-5-15(13-26)6-8-29;3-2(4,5)1(6)7/h1-4,9-12,15,27H,5-8,13-14,26H2,(H,28,30);(H,6,7). The van der Waals surface area contributed by atoms with E-state index < -0.39 is 12.1 Å². The van der Waals surface area contributed by atoms with Gasteiger partial charge in [-0.05, 0) is 86.4 Å². The molecule has 1 saturated heterocycles. The van der Waals surface area contributed by atoms with Crippen molar-refractivity contribution < 1.29 is 23.1 Å². The molecule has 0 spiro atoms. The maximum Gasteiger partial charge on any atom is 0.490 e. The van der Waals surface area contributed by atoms with Crippen molar-refractivity contribution in [2.24, 2.45) is 11.7 Å². The lowest BCUT2D eigenvalue weighted by Gasteiger charge is -2.31. The number of alkyl halides is 3. The van der Waals surface area contributed by atoms with Gasteiger partial charge in [0.05, 0.1) is 11.3 Å². The molecule has 1 aliphatic rings. The summed E-state index contributed by atoms with van der Waals surface area (Å²) < 4.78 is 32.7. The van der Waals surface area contributed by atoms with E-state index in [0.29, 0.717) is 11.5 Å². The minimum absolute atomic E-state index is 0.0839. The lowest BCUT2D eigenvalue weighted by molar-refractivity contribution is -0.192. The third-order valence-electron chi connectivity index (χ3n) is 6.47. The molecule has 37 heavy (non-hydrogen) atoms. The van der Waals surface area contributed by atoms with Crippen LogP contribution in [0.2, 0.25) is 0 Å². The second kappa shape index (κ2) is 11.1. The van der Waals surface area contributed by atoms with Crippen molar-refractivity contribution in [2.75, 3.05) is 19.6 Å². The highest BCUT2D eigenvalue weighted by Crippen LogP contribution is 2.27. The van der Waals surface area contributed by atoms with Crippen LogP contribution in [0.25, 0.3) is 33.1 Å². The second-order valence-electron chi connectivity index (χ2n) is 9.11. The van der Waals surface area contributed by atoms with Gasteiger partial charge in [-0.15, -0.1) is 0 Å². The van der Waals surface area contributed by atoms with Crippen LogP contribution in [-0.2, 0) is 11.3 Å². The maximum absolute atomic E-state index is 12.7. The van der Waals surface area contributed by atoms with Crippen LogP contribution in [0.15, 0.2) is 57.8 Å². The first-order valence-electron chi connectivity index (χ1n) is 11.7. The number of pyridine rings is 1. The van der Waals surface area contributed by atoms with Gasteiger partial charge in [0.1, 0.15) is 0 Å². The number of hydrogen-bond acceptors (Lipinski definition) is 4. The Kier molecular flexibility index (Phi) is 8.05. The van der Waals surface area contributed by atoms with Crippen molar-refractivity contribution >= 4 is 43.7 Å². The molecule has 5 rings (SSSR count). The van der Waals surface area contributed by atoms with E-state index in [9.17, 15) is 18.0 Å². The first-order valence-corrected chi connectivity index (χ1v) is 12.5. The minimum Gasteiger partial charge on any atom is -0.475 e. The molecule has 0 radical (unpaired) electrons. The van der Waals surface area contributed by atoms with Gasteiger partial charge in [0.2, 0.25) is 0 Å². The number of carboxylic acid groups (broad SMARTS) is 1. The predicted octanol–water partition coefficient (Wildman–Crippen LogP) is 5.24. The molecule has 3 heterocycles. The second-order valence-corrected chi connectivity index (χ2v) is 10.0. The molecule has 0 bridgehead atoms. The smallest absolute Gasteiger partial charge is 0.475 e. The molecule has 2 aromatic heterocycles. The summed E-state index contributed by atoms with van der Waals surface area (Å²) in [6.07, 6.45) is -2.71. The fourth-order valence-electron chi connectivity index (χ4n) is 4.44. The van der Waals surface area contributed by atoms with E-state index in [0.717, 1.165) is 58.2 Å². The van der Waals surface area contributed by atoms with Crippen molar-refractivity contribution in [1.29, 1.82) is 0 Å². The number of nitrogens with one attached hydrogen (secondary N) is 2. The van der Waals surface area contributed by atoms with E-state index in [1.54, 1.807) is 0 Å². The normalized spacial score (nSPS) is 15.1. The Morgan fingerprint density at radius 2 is 1.65 bits per heavy atom. The first kappa shape index (κ1) is 26.9. The molecule has 0 atom stereocenters. The molecule has 0 aliphatic carbocycles. The molecule has 0 amide bonds. The number of fused-ring (bicyclic) bond motifs is 2. The molecule has 1 aliphatic heterocycles. The van der Waals surface area contributed by atoms with Crippen LogP contribution in [0.1, 0.15) is 18.4 Å². The van der Waals surface area contributed by atoms with Crippen LogP contribution >= 0.6 is 15.9 Å². The third-order valence-corrected chi connectivity index (χ3v) is 6.96. The molecule has 5 N–H and O–H groups in total. The van der Waals surface area contributed by atoms with Gasteiger partial charge in [0.15, 0.2) is 0 Å². The molecular formula is C26H26BrF3N4O3. The topological polar surface area (TPSA) is 115 Å². The first-order chi connectivity index (χ1) is 17.5. The number of aliphatic carboxylic acids is 1. The fraction of sp³-hybridized carbons (Fsp3) is 0.308. The van der Waals surface area contributed by atoms with Crippen LogP contribution in [0.3, 0.4) is 0 Å². The van der Waals surface area contributed by atoms with E-state index in [2.05, 4.69) is 55.1 Å². The zero-order valence-electron chi connectivity index (χ0n) is 19.7.